The first-order valence-electron chi connectivity index (χ1n) is 7.16. The minimum atomic E-state index is -0.122. The van der Waals surface area contributed by atoms with Crippen molar-refractivity contribution in [1.29, 1.82) is 0 Å². The molecule has 0 N–H and O–H groups in total. The maximum atomic E-state index is 12.0. The third-order valence-corrected chi connectivity index (χ3v) is 5.33. The summed E-state index contributed by atoms with van der Waals surface area (Å²) >= 11 is 0. The van der Waals surface area contributed by atoms with Crippen LogP contribution in [-0.2, 0) is 9.53 Å². The highest BCUT2D eigenvalue weighted by molar-refractivity contribution is 5.95. The fourth-order valence-corrected chi connectivity index (χ4v) is 3.90. The molecule has 2 aliphatic carbocycles. The Morgan fingerprint density at radius 2 is 2.11 bits per heavy atom. The number of ether oxygens (including phenoxy) is 1. The van der Waals surface area contributed by atoms with E-state index in [2.05, 4.69) is 26.8 Å². The number of Topliss-reactive ketones (excluding diaryl/α,β-unsaturated/α-hetero) is 1. The highest BCUT2D eigenvalue weighted by Gasteiger charge is 2.49. The lowest BCUT2D eigenvalue weighted by Crippen LogP contribution is -2.50. The predicted octanol–water partition coefficient (Wildman–Crippen LogP) is 3.61. The van der Waals surface area contributed by atoms with Crippen LogP contribution in [0.25, 0.3) is 0 Å². The lowest BCUT2D eigenvalue weighted by atomic mass is 9.58. The second kappa shape index (κ2) is 4.80. The Morgan fingerprint density at radius 3 is 2.67 bits per heavy atom. The molecule has 2 rings (SSSR count). The first-order chi connectivity index (χ1) is 8.39. The number of allylic oxidation sites excluding steroid dienone is 2. The number of hydrogen-bond donors (Lipinski definition) is 0. The number of fused-ring (bicyclic) bond motifs is 1. The smallest absolute Gasteiger partial charge is 0.158 e. The van der Waals surface area contributed by atoms with Crippen LogP contribution >= 0.6 is 0 Å². The molecule has 0 aromatic carbocycles. The van der Waals surface area contributed by atoms with E-state index in [1.165, 1.54) is 6.42 Å². The van der Waals surface area contributed by atoms with Crippen LogP contribution in [0.5, 0.6) is 0 Å². The summed E-state index contributed by atoms with van der Waals surface area (Å²) in [4.78, 5) is 12.0. The van der Waals surface area contributed by atoms with E-state index in [1.54, 1.807) is 7.11 Å². The van der Waals surface area contributed by atoms with Gasteiger partial charge in [-0.3, -0.25) is 4.79 Å². The Bertz CT molecular complexity index is 369. The molecule has 102 valence electrons. The van der Waals surface area contributed by atoms with Gasteiger partial charge in [0.05, 0.1) is 5.60 Å². The number of ketones is 1. The standard InChI is InChI=1S/C16H26O2/c1-10(2)12-6-7-16(4,18-5)14-9-15(17)11(3)8-13(12)14/h8,10,12-14H,6-7,9H2,1-5H3/t12-,13-,14+,16+/m0/s1. The summed E-state index contributed by atoms with van der Waals surface area (Å²) in [5.74, 6) is 2.56. The molecular formula is C16H26O2. The average Bonchev–Trinajstić information content (AvgIpc) is 2.32. The van der Waals surface area contributed by atoms with Crippen LogP contribution in [0.4, 0.5) is 0 Å². The number of methoxy groups -OCH3 is 1. The molecule has 0 spiro atoms. The van der Waals surface area contributed by atoms with Crippen LogP contribution in [0, 0.1) is 23.7 Å². The second-order valence-electron chi connectivity index (χ2n) is 6.62. The summed E-state index contributed by atoms with van der Waals surface area (Å²) in [7, 11) is 1.79. The zero-order chi connectivity index (χ0) is 13.5. The normalized spacial score (nSPS) is 40.7. The number of rotatable bonds is 2. The van der Waals surface area contributed by atoms with E-state index in [4.69, 9.17) is 4.74 Å². The largest absolute Gasteiger partial charge is 0.378 e. The Hall–Kier alpha value is -0.630. The van der Waals surface area contributed by atoms with Gasteiger partial charge in [0, 0.05) is 19.4 Å². The number of carbonyl (C=O) groups excluding carboxylic acids is 1. The maximum Gasteiger partial charge on any atom is 0.158 e. The van der Waals surface area contributed by atoms with Crippen molar-refractivity contribution in [2.45, 2.75) is 52.6 Å². The summed E-state index contributed by atoms with van der Waals surface area (Å²) in [6.45, 7) is 8.76. The van der Waals surface area contributed by atoms with E-state index >= 15 is 0 Å². The molecule has 0 unspecified atom stereocenters. The molecule has 18 heavy (non-hydrogen) atoms. The van der Waals surface area contributed by atoms with E-state index in [1.807, 2.05) is 6.92 Å². The molecule has 0 saturated heterocycles. The highest BCUT2D eigenvalue weighted by Crippen LogP contribution is 2.50. The van der Waals surface area contributed by atoms with Gasteiger partial charge in [0.2, 0.25) is 0 Å². The van der Waals surface area contributed by atoms with Crippen molar-refractivity contribution >= 4 is 5.78 Å². The van der Waals surface area contributed by atoms with Gasteiger partial charge in [0.25, 0.3) is 0 Å². The summed E-state index contributed by atoms with van der Waals surface area (Å²) in [6.07, 6.45) is 5.19. The molecule has 0 radical (unpaired) electrons. The van der Waals surface area contributed by atoms with Crippen LogP contribution in [0.1, 0.15) is 47.0 Å². The minimum Gasteiger partial charge on any atom is -0.378 e. The maximum absolute atomic E-state index is 12.0. The quantitative estimate of drug-likeness (QED) is 0.748. The summed E-state index contributed by atoms with van der Waals surface area (Å²) < 4.78 is 5.78. The van der Waals surface area contributed by atoms with Crippen molar-refractivity contribution in [3.05, 3.63) is 11.6 Å². The third kappa shape index (κ3) is 2.16. The van der Waals surface area contributed by atoms with Crippen molar-refractivity contribution in [3.8, 4) is 0 Å². The minimum absolute atomic E-state index is 0.122. The lowest BCUT2D eigenvalue weighted by molar-refractivity contribution is -0.132. The summed E-state index contributed by atoms with van der Waals surface area (Å²) in [6, 6.07) is 0. The van der Waals surface area contributed by atoms with E-state index in [0.29, 0.717) is 35.9 Å². The Morgan fingerprint density at radius 1 is 1.44 bits per heavy atom. The fraction of sp³-hybridized carbons (Fsp3) is 0.812. The molecule has 0 aliphatic heterocycles. The van der Waals surface area contributed by atoms with Gasteiger partial charge in [0.1, 0.15) is 0 Å². The van der Waals surface area contributed by atoms with Crippen molar-refractivity contribution < 1.29 is 9.53 Å². The van der Waals surface area contributed by atoms with Gasteiger partial charge in [-0.25, -0.2) is 0 Å². The van der Waals surface area contributed by atoms with Crippen LogP contribution in [0.3, 0.4) is 0 Å². The molecule has 0 bridgehead atoms. The summed E-state index contributed by atoms with van der Waals surface area (Å²) in [5.41, 5.74) is 0.838. The van der Waals surface area contributed by atoms with Crippen LogP contribution in [0.15, 0.2) is 11.6 Å². The Kier molecular flexibility index (Phi) is 3.68. The first-order valence-corrected chi connectivity index (χ1v) is 7.16. The van der Waals surface area contributed by atoms with Gasteiger partial charge in [-0.15, -0.1) is 0 Å². The molecule has 0 aromatic rings. The topological polar surface area (TPSA) is 26.3 Å². The molecule has 2 nitrogen and oxygen atoms in total. The van der Waals surface area contributed by atoms with E-state index in [9.17, 15) is 4.79 Å². The first kappa shape index (κ1) is 13.8. The van der Waals surface area contributed by atoms with Gasteiger partial charge in [0.15, 0.2) is 5.78 Å². The van der Waals surface area contributed by atoms with Crippen molar-refractivity contribution in [2.24, 2.45) is 23.7 Å². The zero-order valence-corrected chi connectivity index (χ0v) is 12.3. The van der Waals surface area contributed by atoms with Gasteiger partial charge >= 0.3 is 0 Å². The van der Waals surface area contributed by atoms with Gasteiger partial charge in [-0.1, -0.05) is 19.9 Å². The van der Waals surface area contributed by atoms with Crippen LogP contribution in [-0.4, -0.2) is 18.5 Å². The van der Waals surface area contributed by atoms with Crippen molar-refractivity contribution in [1.82, 2.24) is 0 Å². The van der Waals surface area contributed by atoms with Gasteiger partial charge in [-0.05, 0) is 50.0 Å². The fourth-order valence-electron chi connectivity index (χ4n) is 3.90. The number of carbonyl (C=O) groups is 1. The van der Waals surface area contributed by atoms with E-state index in [-0.39, 0.29) is 5.60 Å². The zero-order valence-electron chi connectivity index (χ0n) is 12.3. The van der Waals surface area contributed by atoms with Gasteiger partial charge < -0.3 is 4.74 Å². The molecule has 0 heterocycles. The molecule has 1 saturated carbocycles. The number of hydrogen-bond acceptors (Lipinski definition) is 2. The monoisotopic (exact) mass is 250 g/mol. The highest BCUT2D eigenvalue weighted by atomic mass is 16.5. The Balaban J connectivity index is 2.36. The lowest BCUT2D eigenvalue weighted by Gasteiger charge is -2.50. The summed E-state index contributed by atoms with van der Waals surface area (Å²) in [5, 5.41) is 0. The molecule has 0 aromatic heterocycles. The predicted molar refractivity (Wildman–Crippen MR) is 73.3 cm³/mol. The molecular weight excluding hydrogens is 224 g/mol. The Labute approximate surface area is 111 Å². The van der Waals surface area contributed by atoms with E-state index < -0.39 is 0 Å². The van der Waals surface area contributed by atoms with E-state index in [0.717, 1.165) is 12.0 Å². The molecule has 2 aliphatic rings. The van der Waals surface area contributed by atoms with Crippen LogP contribution < -0.4 is 0 Å². The van der Waals surface area contributed by atoms with Gasteiger partial charge in [-0.2, -0.15) is 0 Å². The average molecular weight is 250 g/mol. The molecule has 1 fully saturated rings. The third-order valence-electron chi connectivity index (χ3n) is 5.33. The second-order valence-corrected chi connectivity index (χ2v) is 6.62. The van der Waals surface area contributed by atoms with Crippen molar-refractivity contribution in [2.75, 3.05) is 7.11 Å². The van der Waals surface area contributed by atoms with Crippen LogP contribution in [0.2, 0.25) is 0 Å². The molecule has 2 heteroatoms. The molecule has 4 atom stereocenters. The van der Waals surface area contributed by atoms with Crippen molar-refractivity contribution in [3.63, 3.8) is 0 Å². The SMILES string of the molecule is CO[C@]1(C)CC[C@@H](C(C)C)[C@@H]2C=C(C)C(=O)C[C@H]21. The molecule has 0 amide bonds.